The first-order valence-electron chi connectivity index (χ1n) is 12.3. The van der Waals surface area contributed by atoms with Crippen LogP contribution in [0.2, 0.25) is 0 Å². The molecule has 1 aliphatic rings. The van der Waals surface area contributed by atoms with E-state index in [0.29, 0.717) is 37.2 Å². The molecule has 2 amide bonds. The first kappa shape index (κ1) is 27.0. The molecule has 4 rings (SSSR count). The normalized spacial score (nSPS) is 15.2. The summed E-state index contributed by atoms with van der Waals surface area (Å²) in [6, 6.07) is 9.34. The minimum Gasteiger partial charge on any atom is -0.444 e. The Morgan fingerprint density at radius 2 is 1.84 bits per heavy atom. The maximum absolute atomic E-state index is 13.4. The SMILES string of the molecule is CC(C)(C)OC(=O)NC1CCN(c2nc(C(F)(F)F)ccc2C=CC(=O)Nc2ccc3[nH]ccc3c2)CC1. The van der Waals surface area contributed by atoms with Crippen LogP contribution in [-0.4, -0.2) is 46.7 Å². The van der Waals surface area contributed by atoms with Crippen LogP contribution >= 0.6 is 0 Å². The number of carbonyl (C=O) groups is 2. The number of amides is 2. The second-order valence-corrected chi connectivity index (χ2v) is 10.1. The Bertz CT molecular complexity index is 1340. The van der Waals surface area contributed by atoms with Crippen molar-refractivity contribution in [1.29, 1.82) is 0 Å². The number of rotatable bonds is 5. The fourth-order valence-electron chi connectivity index (χ4n) is 4.19. The molecule has 1 aliphatic heterocycles. The molecule has 0 radical (unpaired) electrons. The highest BCUT2D eigenvalue weighted by molar-refractivity contribution is 6.03. The predicted molar refractivity (Wildman–Crippen MR) is 140 cm³/mol. The van der Waals surface area contributed by atoms with Gasteiger partial charge in [0.05, 0.1) is 0 Å². The van der Waals surface area contributed by atoms with Gasteiger partial charge in [0.15, 0.2) is 0 Å². The number of anilines is 2. The number of piperidine rings is 1. The Morgan fingerprint density at radius 3 is 2.53 bits per heavy atom. The molecule has 11 heteroatoms. The molecule has 1 fully saturated rings. The quantitative estimate of drug-likeness (QED) is 0.367. The lowest BCUT2D eigenvalue weighted by molar-refractivity contribution is -0.141. The molecule has 0 aliphatic carbocycles. The van der Waals surface area contributed by atoms with Crippen molar-refractivity contribution in [2.24, 2.45) is 0 Å². The van der Waals surface area contributed by atoms with Crippen LogP contribution in [0, 0.1) is 0 Å². The largest absolute Gasteiger partial charge is 0.444 e. The lowest BCUT2D eigenvalue weighted by atomic mass is 10.0. The van der Waals surface area contributed by atoms with Gasteiger partial charge in [-0.1, -0.05) is 0 Å². The molecule has 3 N–H and O–H groups in total. The van der Waals surface area contributed by atoms with Crippen molar-refractivity contribution >= 4 is 40.5 Å². The molecule has 202 valence electrons. The molecule has 8 nitrogen and oxygen atoms in total. The van der Waals surface area contributed by atoms with Crippen molar-refractivity contribution in [2.75, 3.05) is 23.3 Å². The summed E-state index contributed by atoms with van der Waals surface area (Å²) in [6.07, 6.45) is 0.389. The van der Waals surface area contributed by atoms with Crippen LogP contribution in [0.4, 0.5) is 29.5 Å². The number of alkyl carbamates (subject to hydrolysis) is 1. The standard InChI is InChI=1S/C27H30F3N5O3/c1-26(2,3)38-25(37)33-19-11-14-35(15-12-19)24-17(4-8-22(34-24)27(28,29)30)5-9-23(36)32-20-6-7-21-18(16-20)10-13-31-21/h4-10,13,16,19,31H,11-12,14-15H2,1-3H3,(H,32,36)(H,33,37). The van der Waals surface area contributed by atoms with Crippen LogP contribution in [0.3, 0.4) is 0 Å². The minimum absolute atomic E-state index is 0.133. The number of aromatic amines is 1. The highest BCUT2D eigenvalue weighted by Gasteiger charge is 2.34. The number of carbonyl (C=O) groups excluding carboxylic acids is 2. The van der Waals surface area contributed by atoms with Crippen LogP contribution in [0.1, 0.15) is 44.9 Å². The zero-order valence-electron chi connectivity index (χ0n) is 21.4. The summed E-state index contributed by atoms with van der Waals surface area (Å²) in [6.45, 7) is 6.05. The molecule has 3 heterocycles. The van der Waals surface area contributed by atoms with E-state index in [2.05, 4.69) is 20.6 Å². The van der Waals surface area contributed by atoms with Crippen molar-refractivity contribution < 1.29 is 27.5 Å². The van der Waals surface area contributed by atoms with E-state index in [-0.39, 0.29) is 11.9 Å². The number of benzene rings is 1. The number of fused-ring (bicyclic) bond motifs is 1. The number of nitrogens with zero attached hydrogens (tertiary/aromatic N) is 2. The van der Waals surface area contributed by atoms with Crippen molar-refractivity contribution in [3.63, 3.8) is 0 Å². The molecule has 1 saturated heterocycles. The van der Waals surface area contributed by atoms with Crippen LogP contribution in [0.15, 0.2) is 48.7 Å². The second kappa shape index (κ2) is 10.8. The number of halogens is 3. The summed E-state index contributed by atoms with van der Waals surface area (Å²) in [4.78, 5) is 33.3. The van der Waals surface area contributed by atoms with Gasteiger partial charge in [-0.05, 0) is 76.1 Å². The summed E-state index contributed by atoms with van der Waals surface area (Å²) >= 11 is 0. The Labute approximate surface area is 218 Å². The zero-order valence-corrected chi connectivity index (χ0v) is 21.4. The second-order valence-electron chi connectivity index (χ2n) is 10.1. The minimum atomic E-state index is -4.61. The van der Waals surface area contributed by atoms with Gasteiger partial charge >= 0.3 is 12.3 Å². The van der Waals surface area contributed by atoms with Crippen LogP contribution in [0.5, 0.6) is 0 Å². The third-order valence-corrected chi connectivity index (χ3v) is 5.95. The zero-order chi connectivity index (χ0) is 27.5. The number of hydrogen-bond donors (Lipinski definition) is 3. The van der Waals surface area contributed by atoms with Gasteiger partial charge in [0.2, 0.25) is 5.91 Å². The number of hydrogen-bond acceptors (Lipinski definition) is 5. The third kappa shape index (κ3) is 7.05. The van der Waals surface area contributed by atoms with Crippen molar-refractivity contribution in [2.45, 2.75) is 51.4 Å². The molecule has 0 atom stereocenters. The average molecular weight is 530 g/mol. The first-order chi connectivity index (χ1) is 17.9. The van der Waals surface area contributed by atoms with Gasteiger partial charge in [0, 0.05) is 53.6 Å². The number of nitrogens with one attached hydrogen (secondary N) is 3. The Hall–Kier alpha value is -4.02. The van der Waals surface area contributed by atoms with Crippen molar-refractivity contribution in [3.05, 3.63) is 59.9 Å². The van der Waals surface area contributed by atoms with Gasteiger partial charge in [-0.3, -0.25) is 4.79 Å². The maximum Gasteiger partial charge on any atom is 0.433 e. The fourth-order valence-corrected chi connectivity index (χ4v) is 4.19. The van der Waals surface area contributed by atoms with Gasteiger partial charge in [0.25, 0.3) is 0 Å². The predicted octanol–water partition coefficient (Wildman–Crippen LogP) is 5.73. The van der Waals surface area contributed by atoms with Crippen molar-refractivity contribution in [3.8, 4) is 0 Å². The third-order valence-electron chi connectivity index (χ3n) is 5.95. The van der Waals surface area contributed by atoms with Gasteiger partial charge in [-0.25, -0.2) is 9.78 Å². The Balaban J connectivity index is 1.46. The van der Waals surface area contributed by atoms with E-state index in [1.165, 1.54) is 18.2 Å². The highest BCUT2D eigenvalue weighted by Crippen LogP contribution is 2.32. The molecule has 1 aromatic carbocycles. The van der Waals surface area contributed by atoms with E-state index in [1.807, 2.05) is 18.2 Å². The van der Waals surface area contributed by atoms with E-state index in [1.54, 1.807) is 37.9 Å². The number of ether oxygens (including phenoxy) is 1. The smallest absolute Gasteiger partial charge is 0.433 e. The summed E-state index contributed by atoms with van der Waals surface area (Å²) in [5.74, 6) is -0.292. The number of aromatic nitrogens is 2. The molecule has 0 spiro atoms. The Morgan fingerprint density at radius 1 is 1.11 bits per heavy atom. The summed E-state index contributed by atoms with van der Waals surface area (Å²) in [5.41, 5.74) is 0.270. The van der Waals surface area contributed by atoms with E-state index < -0.39 is 29.5 Å². The van der Waals surface area contributed by atoms with E-state index in [0.717, 1.165) is 17.0 Å². The Kier molecular flexibility index (Phi) is 7.66. The molecule has 2 aromatic heterocycles. The van der Waals surface area contributed by atoms with E-state index in [9.17, 15) is 22.8 Å². The molecular weight excluding hydrogens is 499 g/mol. The topological polar surface area (TPSA) is 99.3 Å². The van der Waals surface area contributed by atoms with Crippen LogP contribution in [-0.2, 0) is 15.7 Å². The number of H-pyrrole nitrogens is 1. The average Bonchev–Trinajstić information content (AvgIpc) is 3.29. The molecule has 0 unspecified atom stereocenters. The lowest BCUT2D eigenvalue weighted by Gasteiger charge is -2.34. The van der Waals surface area contributed by atoms with E-state index in [4.69, 9.17) is 4.74 Å². The highest BCUT2D eigenvalue weighted by atomic mass is 19.4. The lowest BCUT2D eigenvalue weighted by Crippen LogP contribution is -2.46. The van der Waals surface area contributed by atoms with Gasteiger partial charge < -0.3 is 25.3 Å². The van der Waals surface area contributed by atoms with Crippen LogP contribution in [0.25, 0.3) is 17.0 Å². The number of pyridine rings is 1. The van der Waals surface area contributed by atoms with Gasteiger partial charge in [0.1, 0.15) is 17.1 Å². The van der Waals surface area contributed by atoms with Gasteiger partial charge in [-0.2, -0.15) is 13.2 Å². The molecule has 38 heavy (non-hydrogen) atoms. The monoisotopic (exact) mass is 529 g/mol. The maximum atomic E-state index is 13.4. The molecule has 0 saturated carbocycles. The molecule has 0 bridgehead atoms. The first-order valence-corrected chi connectivity index (χ1v) is 12.3. The fraction of sp³-hybridized carbons (Fsp3) is 0.370. The van der Waals surface area contributed by atoms with Crippen molar-refractivity contribution in [1.82, 2.24) is 15.3 Å². The van der Waals surface area contributed by atoms with E-state index >= 15 is 0 Å². The molecule has 3 aromatic rings. The summed E-state index contributed by atoms with van der Waals surface area (Å²) in [7, 11) is 0. The molecular formula is C27H30F3N5O3. The summed E-state index contributed by atoms with van der Waals surface area (Å²) in [5, 5.41) is 6.51. The summed E-state index contributed by atoms with van der Waals surface area (Å²) < 4.78 is 45.6. The van der Waals surface area contributed by atoms with Crippen LogP contribution < -0.4 is 15.5 Å². The van der Waals surface area contributed by atoms with Gasteiger partial charge in [-0.15, -0.1) is 0 Å². The number of alkyl halides is 3.